The van der Waals surface area contributed by atoms with Gasteiger partial charge in [-0.1, -0.05) is 6.42 Å². The summed E-state index contributed by atoms with van der Waals surface area (Å²) in [6, 6.07) is 0.0218. The van der Waals surface area contributed by atoms with Crippen LogP contribution in [0.4, 0.5) is 0 Å². The molecular weight excluding hydrogens is 240 g/mol. The molecule has 0 saturated carbocycles. The van der Waals surface area contributed by atoms with E-state index in [1.165, 1.54) is 32.4 Å². The fourth-order valence-corrected chi connectivity index (χ4v) is 3.01. The lowest BCUT2D eigenvalue weighted by atomic mass is 10.1. The van der Waals surface area contributed by atoms with E-state index in [1.807, 2.05) is 14.1 Å². The second-order valence-electron chi connectivity index (χ2n) is 5.89. The van der Waals surface area contributed by atoms with Gasteiger partial charge in [0.15, 0.2) is 0 Å². The van der Waals surface area contributed by atoms with E-state index >= 15 is 0 Å². The number of carbonyl (C=O) groups excluding carboxylic acids is 1. The van der Waals surface area contributed by atoms with Crippen molar-refractivity contribution in [2.24, 2.45) is 0 Å². The van der Waals surface area contributed by atoms with Crippen LogP contribution in [0.2, 0.25) is 0 Å². The van der Waals surface area contributed by atoms with Gasteiger partial charge in [0, 0.05) is 46.8 Å². The molecule has 0 aromatic rings. The summed E-state index contributed by atoms with van der Waals surface area (Å²) in [5.74, 6) is 0.228. The zero-order chi connectivity index (χ0) is 13.7. The Morgan fingerprint density at radius 1 is 1.16 bits per heavy atom. The van der Waals surface area contributed by atoms with Crippen molar-refractivity contribution >= 4 is 5.91 Å². The highest BCUT2D eigenvalue weighted by Crippen LogP contribution is 2.10. The first kappa shape index (κ1) is 14.8. The van der Waals surface area contributed by atoms with Gasteiger partial charge in [-0.25, -0.2) is 0 Å². The summed E-state index contributed by atoms with van der Waals surface area (Å²) in [4.78, 5) is 18.8. The fourth-order valence-electron chi connectivity index (χ4n) is 3.01. The molecule has 2 rings (SSSR count). The van der Waals surface area contributed by atoms with Crippen LogP contribution in [0.3, 0.4) is 0 Å². The molecule has 1 amide bonds. The second kappa shape index (κ2) is 7.22. The number of hydrogen-bond acceptors (Lipinski definition) is 4. The monoisotopic (exact) mass is 268 g/mol. The number of nitrogens with one attached hydrogen (secondary N) is 1. The topological polar surface area (TPSA) is 38.8 Å². The number of likely N-dealkylation sites (N-methyl/N-ethyl adjacent to an activating group) is 1. The standard InChI is InChI=1S/C14H28N4O/c1-16(2)14(19)13-12-15-6-9-18(13)11-10-17-7-4-3-5-8-17/h13,15H,3-12H2,1-2H3. The van der Waals surface area contributed by atoms with Crippen LogP contribution < -0.4 is 5.32 Å². The molecule has 2 aliphatic heterocycles. The van der Waals surface area contributed by atoms with Crippen LogP contribution in [-0.2, 0) is 4.79 Å². The highest BCUT2D eigenvalue weighted by atomic mass is 16.2. The Morgan fingerprint density at radius 3 is 2.58 bits per heavy atom. The van der Waals surface area contributed by atoms with Crippen molar-refractivity contribution in [3.8, 4) is 0 Å². The van der Waals surface area contributed by atoms with Crippen molar-refractivity contribution in [3.05, 3.63) is 0 Å². The molecule has 2 heterocycles. The molecule has 110 valence electrons. The Morgan fingerprint density at radius 2 is 1.89 bits per heavy atom. The van der Waals surface area contributed by atoms with Gasteiger partial charge < -0.3 is 15.1 Å². The van der Waals surface area contributed by atoms with E-state index in [0.717, 1.165) is 32.7 Å². The molecule has 0 radical (unpaired) electrons. The van der Waals surface area contributed by atoms with Gasteiger partial charge in [0.2, 0.25) is 5.91 Å². The molecule has 0 spiro atoms. The first-order chi connectivity index (χ1) is 9.18. The van der Waals surface area contributed by atoms with E-state index in [-0.39, 0.29) is 11.9 Å². The van der Waals surface area contributed by atoms with E-state index in [9.17, 15) is 4.79 Å². The molecule has 1 N–H and O–H groups in total. The van der Waals surface area contributed by atoms with Crippen LogP contribution >= 0.6 is 0 Å². The molecule has 0 aliphatic carbocycles. The lowest BCUT2D eigenvalue weighted by Gasteiger charge is -2.38. The van der Waals surface area contributed by atoms with Crippen LogP contribution in [-0.4, -0.2) is 86.6 Å². The maximum atomic E-state index is 12.2. The quantitative estimate of drug-likeness (QED) is 0.769. The zero-order valence-electron chi connectivity index (χ0n) is 12.4. The lowest BCUT2D eigenvalue weighted by molar-refractivity contribution is -0.135. The van der Waals surface area contributed by atoms with Gasteiger partial charge in [0.25, 0.3) is 0 Å². The van der Waals surface area contributed by atoms with Crippen molar-refractivity contribution in [2.45, 2.75) is 25.3 Å². The molecule has 2 saturated heterocycles. The molecule has 0 bridgehead atoms. The largest absolute Gasteiger partial charge is 0.347 e. The third-order valence-corrected chi connectivity index (χ3v) is 4.23. The minimum absolute atomic E-state index is 0.0218. The van der Waals surface area contributed by atoms with Crippen LogP contribution in [0.1, 0.15) is 19.3 Å². The van der Waals surface area contributed by atoms with Gasteiger partial charge in [0.1, 0.15) is 6.04 Å². The zero-order valence-corrected chi connectivity index (χ0v) is 12.4. The van der Waals surface area contributed by atoms with E-state index in [4.69, 9.17) is 0 Å². The Balaban J connectivity index is 1.83. The number of likely N-dealkylation sites (tertiary alicyclic amines) is 1. The van der Waals surface area contributed by atoms with E-state index in [2.05, 4.69) is 15.1 Å². The van der Waals surface area contributed by atoms with E-state index in [0.29, 0.717) is 0 Å². The van der Waals surface area contributed by atoms with Crippen molar-refractivity contribution in [3.63, 3.8) is 0 Å². The minimum Gasteiger partial charge on any atom is -0.347 e. The Hall–Kier alpha value is -0.650. The number of hydrogen-bond donors (Lipinski definition) is 1. The van der Waals surface area contributed by atoms with Gasteiger partial charge >= 0.3 is 0 Å². The third kappa shape index (κ3) is 4.16. The summed E-state index contributed by atoms with van der Waals surface area (Å²) in [6.07, 6.45) is 4.05. The smallest absolute Gasteiger partial charge is 0.240 e. The first-order valence-electron chi connectivity index (χ1n) is 7.57. The maximum absolute atomic E-state index is 12.2. The SMILES string of the molecule is CN(C)C(=O)C1CNCCN1CCN1CCCCC1. The van der Waals surface area contributed by atoms with Gasteiger partial charge in [-0.15, -0.1) is 0 Å². The summed E-state index contributed by atoms with van der Waals surface area (Å²) >= 11 is 0. The lowest BCUT2D eigenvalue weighted by Crippen LogP contribution is -2.58. The molecule has 1 unspecified atom stereocenters. The van der Waals surface area contributed by atoms with Crippen LogP contribution in [0, 0.1) is 0 Å². The Kier molecular flexibility index (Phi) is 5.60. The van der Waals surface area contributed by atoms with Gasteiger partial charge in [-0.2, -0.15) is 0 Å². The fraction of sp³-hybridized carbons (Fsp3) is 0.929. The highest BCUT2D eigenvalue weighted by Gasteiger charge is 2.29. The Bertz CT molecular complexity index is 289. The van der Waals surface area contributed by atoms with Gasteiger partial charge in [-0.05, 0) is 25.9 Å². The molecule has 5 nitrogen and oxygen atoms in total. The summed E-state index contributed by atoms with van der Waals surface area (Å²) < 4.78 is 0. The summed E-state index contributed by atoms with van der Waals surface area (Å²) in [5.41, 5.74) is 0. The number of amides is 1. The number of nitrogens with zero attached hydrogens (tertiary/aromatic N) is 3. The molecular formula is C14H28N4O. The summed E-state index contributed by atoms with van der Waals surface area (Å²) in [5, 5.41) is 3.34. The van der Waals surface area contributed by atoms with Crippen molar-refractivity contribution in [1.29, 1.82) is 0 Å². The molecule has 1 atom stereocenters. The van der Waals surface area contributed by atoms with Gasteiger partial charge in [0.05, 0.1) is 0 Å². The predicted octanol–water partition coefficient (Wildman–Crippen LogP) is -0.166. The number of rotatable bonds is 4. The minimum atomic E-state index is 0.0218. The van der Waals surface area contributed by atoms with E-state index in [1.54, 1.807) is 4.90 Å². The first-order valence-corrected chi connectivity index (χ1v) is 7.57. The Labute approximate surface area is 116 Å². The molecule has 0 aromatic heterocycles. The van der Waals surface area contributed by atoms with Crippen molar-refractivity contribution in [1.82, 2.24) is 20.0 Å². The van der Waals surface area contributed by atoms with E-state index < -0.39 is 0 Å². The predicted molar refractivity (Wildman–Crippen MR) is 77.2 cm³/mol. The highest BCUT2D eigenvalue weighted by molar-refractivity contribution is 5.81. The number of piperazine rings is 1. The molecule has 19 heavy (non-hydrogen) atoms. The van der Waals surface area contributed by atoms with Crippen molar-refractivity contribution in [2.75, 3.05) is 59.9 Å². The molecule has 0 aromatic carbocycles. The van der Waals surface area contributed by atoms with Crippen LogP contribution in [0.25, 0.3) is 0 Å². The third-order valence-electron chi connectivity index (χ3n) is 4.23. The second-order valence-corrected chi connectivity index (χ2v) is 5.89. The maximum Gasteiger partial charge on any atom is 0.240 e. The molecule has 2 aliphatic rings. The van der Waals surface area contributed by atoms with Crippen LogP contribution in [0.5, 0.6) is 0 Å². The average Bonchev–Trinajstić information content (AvgIpc) is 2.45. The van der Waals surface area contributed by atoms with Crippen LogP contribution in [0.15, 0.2) is 0 Å². The molecule has 2 fully saturated rings. The normalized spacial score (nSPS) is 26.3. The summed E-state index contributed by atoms with van der Waals surface area (Å²) in [6.45, 7) is 7.37. The summed E-state index contributed by atoms with van der Waals surface area (Å²) in [7, 11) is 3.69. The number of piperidine rings is 1. The average molecular weight is 268 g/mol. The number of carbonyl (C=O) groups is 1. The van der Waals surface area contributed by atoms with Gasteiger partial charge in [-0.3, -0.25) is 9.69 Å². The van der Waals surface area contributed by atoms with Crippen molar-refractivity contribution < 1.29 is 4.79 Å². The molecule has 5 heteroatoms.